The molecule has 3 N–H and O–H groups in total. The number of pyridine rings is 1. The van der Waals surface area contributed by atoms with Crippen LogP contribution in [0.15, 0.2) is 78.0 Å². The molecule has 0 aliphatic rings. The van der Waals surface area contributed by atoms with E-state index in [1.165, 1.54) is 0 Å². The molecule has 0 radical (unpaired) electrons. The fraction of sp³-hybridized carbons (Fsp3) is 0.222. The van der Waals surface area contributed by atoms with E-state index in [0.717, 1.165) is 57.2 Å². The first-order chi connectivity index (χ1) is 17.0. The summed E-state index contributed by atoms with van der Waals surface area (Å²) in [5, 5.41) is 26.9. The van der Waals surface area contributed by atoms with Crippen LogP contribution in [0.4, 0.5) is 0 Å². The van der Waals surface area contributed by atoms with E-state index >= 15 is 0 Å². The van der Waals surface area contributed by atoms with Crippen LogP contribution in [0, 0.1) is 5.41 Å². The van der Waals surface area contributed by atoms with Crippen molar-refractivity contribution in [3.05, 3.63) is 84.3 Å². The molecular formula is C27H30N7O+. The first kappa shape index (κ1) is 24.0. The molecule has 2 heterocycles. The van der Waals surface area contributed by atoms with Gasteiger partial charge in [0.2, 0.25) is 6.54 Å². The van der Waals surface area contributed by atoms with Crippen LogP contribution in [-0.4, -0.2) is 68.8 Å². The molecule has 0 aliphatic carbocycles. The van der Waals surface area contributed by atoms with Gasteiger partial charge in [-0.05, 0) is 55.1 Å². The number of aliphatic imine (C=N–C) groups is 1. The Kier molecular flexibility index (Phi) is 7.74. The Morgan fingerprint density at radius 2 is 1.97 bits per heavy atom. The normalized spacial score (nSPS) is 13.3. The Labute approximate surface area is 204 Å². The molecule has 0 spiro atoms. The quantitative estimate of drug-likeness (QED) is 0.139. The van der Waals surface area contributed by atoms with Crippen LogP contribution in [-0.2, 0) is 6.54 Å². The topological polar surface area (TPSA) is 104 Å². The number of rotatable bonds is 10. The summed E-state index contributed by atoms with van der Waals surface area (Å²) in [5.74, 6) is 0. The maximum atomic E-state index is 10.8. The molecule has 0 bridgehead atoms. The molecule has 8 nitrogen and oxygen atoms in total. The SMILES string of the molecule is CN(C)CCC(N=CC(C=N)=[N+](O)Cc1[nH]nc2cc(-c3cccnc3)ccc12)c1ccccc1. The smallest absolute Gasteiger partial charge is 0.286 e. The molecule has 0 amide bonds. The van der Waals surface area contributed by atoms with Gasteiger partial charge >= 0.3 is 0 Å². The maximum Gasteiger partial charge on any atom is 0.286 e. The van der Waals surface area contributed by atoms with Crippen molar-refractivity contribution in [1.29, 1.82) is 5.41 Å². The number of benzene rings is 2. The van der Waals surface area contributed by atoms with E-state index in [-0.39, 0.29) is 12.6 Å². The summed E-state index contributed by atoms with van der Waals surface area (Å²) in [5.41, 5.74) is 4.98. The highest BCUT2D eigenvalue weighted by atomic mass is 16.5. The second-order valence-electron chi connectivity index (χ2n) is 8.60. The summed E-state index contributed by atoms with van der Waals surface area (Å²) in [4.78, 5) is 11.0. The molecule has 1 atom stereocenters. The Balaban J connectivity index is 1.56. The van der Waals surface area contributed by atoms with Crippen LogP contribution in [0.25, 0.3) is 22.0 Å². The van der Waals surface area contributed by atoms with Gasteiger partial charge < -0.3 is 10.3 Å². The predicted molar refractivity (Wildman–Crippen MR) is 140 cm³/mol. The third kappa shape index (κ3) is 6.04. The second kappa shape index (κ2) is 11.3. The van der Waals surface area contributed by atoms with Crippen LogP contribution < -0.4 is 0 Å². The number of hydrogen-bond acceptors (Lipinski definition) is 6. The van der Waals surface area contributed by atoms with Crippen molar-refractivity contribution in [3.8, 4) is 11.1 Å². The van der Waals surface area contributed by atoms with Crippen molar-refractivity contribution in [2.45, 2.75) is 19.0 Å². The average molecular weight is 469 g/mol. The largest absolute Gasteiger partial charge is 0.309 e. The number of hydroxylamine groups is 1. The average Bonchev–Trinajstić information content (AvgIpc) is 3.28. The highest BCUT2D eigenvalue weighted by Gasteiger charge is 2.17. The van der Waals surface area contributed by atoms with Crippen molar-refractivity contribution in [1.82, 2.24) is 20.1 Å². The van der Waals surface area contributed by atoms with Crippen LogP contribution in [0.5, 0.6) is 0 Å². The molecule has 4 rings (SSSR count). The number of nitrogens with zero attached hydrogens (tertiary/aromatic N) is 5. The molecule has 1 unspecified atom stereocenters. The zero-order valence-electron chi connectivity index (χ0n) is 20.0. The zero-order chi connectivity index (χ0) is 24.6. The number of fused-ring (bicyclic) bond motifs is 1. The molecule has 8 heteroatoms. The maximum absolute atomic E-state index is 10.8. The summed E-state index contributed by atoms with van der Waals surface area (Å²) < 4.78 is 1.02. The lowest BCUT2D eigenvalue weighted by Crippen LogP contribution is -2.21. The molecular weight excluding hydrogens is 438 g/mol. The lowest BCUT2D eigenvalue weighted by Gasteiger charge is -2.15. The van der Waals surface area contributed by atoms with Gasteiger partial charge in [0.15, 0.2) is 0 Å². The third-order valence-corrected chi connectivity index (χ3v) is 5.80. The van der Waals surface area contributed by atoms with E-state index in [1.54, 1.807) is 12.4 Å². The van der Waals surface area contributed by atoms with Crippen molar-refractivity contribution in [2.24, 2.45) is 4.99 Å². The van der Waals surface area contributed by atoms with E-state index in [2.05, 4.69) is 32.2 Å². The highest BCUT2D eigenvalue weighted by molar-refractivity contribution is 6.53. The standard InChI is InChI=1S/C27H30N7O/c1-33(2)14-12-25(20-7-4-3-5-8-20)30-18-23(16-28)34(35)19-27-24-11-10-21(15-26(24)31-32-27)22-9-6-13-29-17-22/h3-11,13,15-18,25,28,35H,12,14,19H2,1-2H3,(H,31,32)/q+1. The number of H-pyrrole nitrogens is 1. The molecule has 35 heavy (non-hydrogen) atoms. The number of aromatic amines is 1. The van der Waals surface area contributed by atoms with E-state index in [4.69, 9.17) is 10.4 Å². The fourth-order valence-corrected chi connectivity index (χ4v) is 3.87. The second-order valence-corrected chi connectivity index (χ2v) is 8.60. The Morgan fingerprint density at radius 3 is 2.69 bits per heavy atom. The zero-order valence-corrected chi connectivity index (χ0v) is 20.0. The number of hydrogen-bond donors (Lipinski definition) is 3. The van der Waals surface area contributed by atoms with Crippen LogP contribution in [0.1, 0.15) is 23.7 Å². The Bertz CT molecular complexity index is 1330. The summed E-state index contributed by atoms with van der Waals surface area (Å²) in [6, 6.07) is 19.9. The third-order valence-electron chi connectivity index (χ3n) is 5.80. The van der Waals surface area contributed by atoms with Gasteiger partial charge in [0.1, 0.15) is 5.69 Å². The van der Waals surface area contributed by atoms with Crippen LogP contribution in [0.2, 0.25) is 0 Å². The minimum atomic E-state index is -0.0687. The summed E-state index contributed by atoms with van der Waals surface area (Å²) in [6.07, 6.45) is 7.07. The summed E-state index contributed by atoms with van der Waals surface area (Å²) in [6.45, 7) is 1.02. The Morgan fingerprint density at radius 1 is 1.14 bits per heavy atom. The van der Waals surface area contributed by atoms with E-state index < -0.39 is 0 Å². The van der Waals surface area contributed by atoms with E-state index in [9.17, 15) is 5.21 Å². The van der Waals surface area contributed by atoms with Gasteiger partial charge in [0.05, 0.1) is 24.0 Å². The first-order valence-electron chi connectivity index (χ1n) is 11.5. The van der Waals surface area contributed by atoms with Crippen LogP contribution in [0.3, 0.4) is 0 Å². The van der Waals surface area contributed by atoms with Crippen LogP contribution >= 0.6 is 0 Å². The highest BCUT2D eigenvalue weighted by Crippen LogP contribution is 2.25. The van der Waals surface area contributed by atoms with Crippen molar-refractivity contribution < 1.29 is 9.95 Å². The molecule has 0 fully saturated rings. The summed E-state index contributed by atoms with van der Waals surface area (Å²) in [7, 11) is 4.07. The van der Waals surface area contributed by atoms with E-state index in [1.807, 2.05) is 68.8 Å². The Hall–Kier alpha value is -4.17. The lowest BCUT2D eigenvalue weighted by molar-refractivity contribution is -0.784. The van der Waals surface area contributed by atoms with Crippen molar-refractivity contribution in [2.75, 3.05) is 20.6 Å². The minimum absolute atomic E-state index is 0.0687. The van der Waals surface area contributed by atoms with Gasteiger partial charge in [-0.3, -0.25) is 20.3 Å². The van der Waals surface area contributed by atoms with Gasteiger partial charge in [-0.15, -0.1) is 0 Å². The number of nitrogens with one attached hydrogen (secondary N) is 2. The molecule has 178 valence electrons. The summed E-state index contributed by atoms with van der Waals surface area (Å²) >= 11 is 0. The monoisotopic (exact) mass is 468 g/mol. The van der Waals surface area contributed by atoms with Gasteiger partial charge in [-0.1, -0.05) is 48.5 Å². The van der Waals surface area contributed by atoms with Crippen molar-refractivity contribution >= 4 is 29.0 Å². The molecule has 2 aromatic carbocycles. The molecule has 0 aliphatic heterocycles. The van der Waals surface area contributed by atoms with Gasteiger partial charge in [0, 0.05) is 23.3 Å². The molecule has 0 saturated heterocycles. The molecule has 4 aromatic rings. The first-order valence-corrected chi connectivity index (χ1v) is 11.5. The predicted octanol–water partition coefficient (Wildman–Crippen LogP) is 4.38. The van der Waals surface area contributed by atoms with Gasteiger partial charge in [0.25, 0.3) is 5.71 Å². The molecule has 2 aromatic heterocycles. The number of aromatic nitrogens is 3. The minimum Gasteiger partial charge on any atom is -0.309 e. The fourth-order valence-electron chi connectivity index (χ4n) is 3.87. The van der Waals surface area contributed by atoms with Crippen molar-refractivity contribution in [3.63, 3.8) is 0 Å². The molecule has 0 saturated carbocycles. The van der Waals surface area contributed by atoms with E-state index in [0.29, 0.717) is 5.71 Å². The lowest BCUT2D eigenvalue weighted by atomic mass is 10.0. The van der Waals surface area contributed by atoms with Gasteiger partial charge in [-0.25, -0.2) is 0 Å². The van der Waals surface area contributed by atoms with Gasteiger partial charge in [-0.2, -0.15) is 5.10 Å².